The number of hydrogen-bond acceptors (Lipinski definition) is 4. The minimum atomic E-state index is -1.09. The summed E-state index contributed by atoms with van der Waals surface area (Å²) < 4.78 is 3.60. The second-order valence-corrected chi connectivity index (χ2v) is 4.50. The third-order valence-electron chi connectivity index (χ3n) is 2.51. The summed E-state index contributed by atoms with van der Waals surface area (Å²) in [5.74, 6) is -1.09. The Labute approximate surface area is 98.3 Å². The van der Waals surface area contributed by atoms with Crippen LogP contribution in [-0.4, -0.2) is 25.3 Å². The van der Waals surface area contributed by atoms with Crippen molar-refractivity contribution in [3.05, 3.63) is 34.2 Å². The van der Waals surface area contributed by atoms with Crippen LogP contribution >= 0.6 is 11.3 Å². The molecule has 0 atom stereocenters. The molecule has 0 aromatic carbocycles. The number of carbonyl (C=O) groups is 1. The molecular formula is C10H7N3O3S. The summed E-state index contributed by atoms with van der Waals surface area (Å²) in [4.78, 5) is 22.5. The van der Waals surface area contributed by atoms with Gasteiger partial charge in [0.15, 0.2) is 0 Å². The van der Waals surface area contributed by atoms with Crippen LogP contribution in [0.2, 0.25) is 0 Å². The second kappa shape index (κ2) is 3.42. The van der Waals surface area contributed by atoms with Crippen molar-refractivity contribution in [1.82, 2.24) is 14.2 Å². The Morgan fingerprint density at radius 1 is 1.47 bits per heavy atom. The lowest BCUT2D eigenvalue weighted by atomic mass is 10.5. The van der Waals surface area contributed by atoms with Crippen molar-refractivity contribution in [3.63, 3.8) is 0 Å². The molecule has 7 heteroatoms. The molecule has 17 heavy (non-hydrogen) atoms. The summed E-state index contributed by atoms with van der Waals surface area (Å²) in [7, 11) is 0. The fraction of sp³-hybridized carbons (Fsp3) is 0.100. The number of nitrogens with zero attached hydrogens (tertiary/aromatic N) is 3. The molecule has 1 N–H and O–H groups in total. The van der Waals surface area contributed by atoms with Crippen molar-refractivity contribution in [2.45, 2.75) is 6.54 Å². The predicted molar refractivity (Wildman–Crippen MR) is 62.5 cm³/mol. The zero-order valence-electron chi connectivity index (χ0n) is 8.53. The Hall–Kier alpha value is -2.15. The molecule has 0 radical (unpaired) electrons. The normalized spacial score (nSPS) is 11.3. The van der Waals surface area contributed by atoms with E-state index >= 15 is 0 Å². The van der Waals surface area contributed by atoms with Gasteiger partial charge in [-0.25, -0.2) is 4.68 Å². The largest absolute Gasteiger partial charge is 0.480 e. The summed E-state index contributed by atoms with van der Waals surface area (Å²) in [5.41, 5.74) is 0.971. The molecule has 3 heterocycles. The number of carboxylic acids is 1. The number of hydrogen-bond donors (Lipinski definition) is 1. The van der Waals surface area contributed by atoms with E-state index in [0.717, 1.165) is 14.9 Å². The number of aliphatic carboxylic acids is 1. The van der Waals surface area contributed by atoms with E-state index in [0.29, 0.717) is 5.52 Å². The molecule has 0 saturated heterocycles. The number of rotatable bonds is 2. The molecule has 0 fully saturated rings. The van der Waals surface area contributed by atoms with Crippen molar-refractivity contribution in [3.8, 4) is 0 Å². The van der Waals surface area contributed by atoms with Crippen molar-refractivity contribution in [2.75, 3.05) is 0 Å². The highest BCUT2D eigenvalue weighted by Gasteiger charge is 2.10. The summed E-state index contributed by atoms with van der Waals surface area (Å²) in [6, 6.07) is 3.65. The molecule has 3 aromatic heterocycles. The first-order chi connectivity index (χ1) is 8.16. The molecule has 0 aliphatic carbocycles. The standard InChI is InChI=1S/C10H7N3O3S/c14-9(15)4-13-10(16)7-3-8-6(1-2-17-8)12(7)5-11-13/h1-3,5H,4H2,(H,14,15). The van der Waals surface area contributed by atoms with Crippen LogP contribution in [0.4, 0.5) is 0 Å². The topological polar surface area (TPSA) is 76.6 Å². The van der Waals surface area contributed by atoms with E-state index in [2.05, 4.69) is 5.10 Å². The first-order valence-electron chi connectivity index (χ1n) is 4.83. The Kier molecular flexibility index (Phi) is 2.02. The first-order valence-corrected chi connectivity index (χ1v) is 5.71. The second-order valence-electron chi connectivity index (χ2n) is 3.56. The smallest absolute Gasteiger partial charge is 0.325 e. The zero-order chi connectivity index (χ0) is 12.0. The molecule has 0 unspecified atom stereocenters. The van der Waals surface area contributed by atoms with Gasteiger partial charge in [0.25, 0.3) is 5.56 Å². The minimum absolute atomic E-state index is 0.390. The van der Waals surface area contributed by atoms with E-state index in [1.54, 1.807) is 10.5 Å². The number of aromatic nitrogens is 3. The molecule has 0 saturated carbocycles. The first kappa shape index (κ1) is 10.0. The van der Waals surface area contributed by atoms with Crippen LogP contribution in [0.1, 0.15) is 0 Å². The van der Waals surface area contributed by atoms with Gasteiger partial charge in [-0.2, -0.15) is 5.10 Å². The molecular weight excluding hydrogens is 242 g/mol. The maximum absolute atomic E-state index is 12.0. The van der Waals surface area contributed by atoms with Gasteiger partial charge < -0.3 is 5.11 Å². The van der Waals surface area contributed by atoms with Gasteiger partial charge >= 0.3 is 5.97 Å². The molecule has 3 rings (SSSR count). The fourth-order valence-electron chi connectivity index (χ4n) is 1.77. The molecule has 0 bridgehead atoms. The third kappa shape index (κ3) is 1.43. The fourth-order valence-corrected chi connectivity index (χ4v) is 2.58. The molecule has 0 aliphatic rings. The van der Waals surface area contributed by atoms with Gasteiger partial charge in [-0.1, -0.05) is 0 Å². The van der Waals surface area contributed by atoms with Gasteiger partial charge in [-0.3, -0.25) is 14.0 Å². The average Bonchev–Trinajstić information content (AvgIpc) is 2.82. The molecule has 3 aromatic rings. The minimum Gasteiger partial charge on any atom is -0.480 e. The van der Waals surface area contributed by atoms with Crippen LogP contribution in [0.3, 0.4) is 0 Å². The lowest BCUT2D eigenvalue weighted by Gasteiger charge is -2.01. The highest BCUT2D eigenvalue weighted by molar-refractivity contribution is 7.17. The molecule has 0 aliphatic heterocycles. The summed E-state index contributed by atoms with van der Waals surface area (Å²) in [6.45, 7) is -0.422. The lowest BCUT2D eigenvalue weighted by molar-refractivity contribution is -0.138. The Balaban J connectivity index is 2.33. The zero-order valence-corrected chi connectivity index (χ0v) is 9.35. The molecule has 86 valence electrons. The molecule has 0 amide bonds. The summed E-state index contributed by atoms with van der Waals surface area (Å²) in [5, 5.41) is 14.4. The van der Waals surface area contributed by atoms with Crippen LogP contribution in [0.25, 0.3) is 15.7 Å². The van der Waals surface area contributed by atoms with Gasteiger partial charge in [0.05, 0.1) is 10.2 Å². The Morgan fingerprint density at radius 2 is 2.29 bits per heavy atom. The number of fused-ring (bicyclic) bond motifs is 3. The molecule has 0 spiro atoms. The highest BCUT2D eigenvalue weighted by Crippen LogP contribution is 2.22. The van der Waals surface area contributed by atoms with Gasteiger partial charge in [0.1, 0.15) is 18.4 Å². The maximum atomic E-state index is 12.0. The maximum Gasteiger partial charge on any atom is 0.325 e. The molecule has 6 nitrogen and oxygen atoms in total. The quantitative estimate of drug-likeness (QED) is 0.728. The lowest BCUT2D eigenvalue weighted by Crippen LogP contribution is -2.27. The highest BCUT2D eigenvalue weighted by atomic mass is 32.1. The van der Waals surface area contributed by atoms with E-state index < -0.39 is 18.1 Å². The van der Waals surface area contributed by atoms with E-state index in [1.807, 2.05) is 11.4 Å². The van der Waals surface area contributed by atoms with Gasteiger partial charge in [0.2, 0.25) is 0 Å². The van der Waals surface area contributed by atoms with Crippen LogP contribution in [0.15, 0.2) is 28.6 Å². The van der Waals surface area contributed by atoms with Crippen molar-refractivity contribution in [2.24, 2.45) is 0 Å². The van der Waals surface area contributed by atoms with E-state index in [4.69, 9.17) is 5.11 Å². The predicted octanol–water partition coefficient (Wildman–Crippen LogP) is 0.795. The summed E-state index contributed by atoms with van der Waals surface area (Å²) in [6.07, 6.45) is 1.47. The van der Waals surface area contributed by atoms with Gasteiger partial charge in [0, 0.05) is 0 Å². The van der Waals surface area contributed by atoms with E-state index in [1.165, 1.54) is 17.7 Å². The average molecular weight is 249 g/mol. The number of thiophene rings is 1. The van der Waals surface area contributed by atoms with E-state index in [-0.39, 0.29) is 0 Å². The Bertz CT molecular complexity index is 783. The summed E-state index contributed by atoms with van der Waals surface area (Å²) >= 11 is 1.53. The van der Waals surface area contributed by atoms with Gasteiger partial charge in [-0.05, 0) is 17.5 Å². The van der Waals surface area contributed by atoms with Gasteiger partial charge in [-0.15, -0.1) is 11.3 Å². The van der Waals surface area contributed by atoms with Crippen LogP contribution < -0.4 is 5.56 Å². The van der Waals surface area contributed by atoms with Crippen LogP contribution in [0.5, 0.6) is 0 Å². The third-order valence-corrected chi connectivity index (χ3v) is 3.36. The Morgan fingerprint density at radius 3 is 3.06 bits per heavy atom. The van der Waals surface area contributed by atoms with Crippen LogP contribution in [0, 0.1) is 0 Å². The van der Waals surface area contributed by atoms with Crippen LogP contribution in [-0.2, 0) is 11.3 Å². The van der Waals surface area contributed by atoms with E-state index in [9.17, 15) is 9.59 Å². The van der Waals surface area contributed by atoms with Crippen molar-refractivity contribution in [1.29, 1.82) is 0 Å². The van der Waals surface area contributed by atoms with Crippen molar-refractivity contribution < 1.29 is 9.90 Å². The SMILES string of the molecule is O=C(O)Cn1ncn2c(cc3sccc32)c1=O. The monoisotopic (exact) mass is 249 g/mol. The number of carboxylic acid groups (broad SMARTS) is 1. The van der Waals surface area contributed by atoms with Crippen molar-refractivity contribution >= 4 is 33.0 Å².